The Hall–Kier alpha value is -0.810. The fourth-order valence-electron chi connectivity index (χ4n) is 2.78. The molecule has 1 N–H and O–H groups in total. The SMILES string of the molecule is CCN(CC)C(=O)CCC(=O)N1CCC(CNC)CC1.Cl. The average molecular weight is 320 g/mol. The summed E-state index contributed by atoms with van der Waals surface area (Å²) in [6.07, 6.45) is 2.83. The maximum Gasteiger partial charge on any atom is 0.223 e. The summed E-state index contributed by atoms with van der Waals surface area (Å²) < 4.78 is 0. The summed E-state index contributed by atoms with van der Waals surface area (Å²) in [6.45, 7) is 8.08. The van der Waals surface area contributed by atoms with Crippen molar-refractivity contribution >= 4 is 24.2 Å². The number of piperidine rings is 1. The summed E-state index contributed by atoms with van der Waals surface area (Å²) in [7, 11) is 1.97. The van der Waals surface area contributed by atoms with Crippen molar-refractivity contribution in [3.05, 3.63) is 0 Å². The van der Waals surface area contributed by atoms with E-state index in [-0.39, 0.29) is 24.2 Å². The summed E-state index contributed by atoms with van der Waals surface area (Å²) >= 11 is 0. The van der Waals surface area contributed by atoms with Crippen molar-refractivity contribution < 1.29 is 9.59 Å². The van der Waals surface area contributed by atoms with Gasteiger partial charge in [0.1, 0.15) is 0 Å². The number of carbonyl (C=O) groups is 2. The summed E-state index contributed by atoms with van der Waals surface area (Å²) in [6, 6.07) is 0. The molecule has 0 aliphatic carbocycles. The van der Waals surface area contributed by atoms with E-state index in [1.807, 2.05) is 25.8 Å². The molecule has 6 heteroatoms. The van der Waals surface area contributed by atoms with Gasteiger partial charge in [-0.15, -0.1) is 12.4 Å². The molecule has 1 aliphatic heterocycles. The molecular weight excluding hydrogens is 290 g/mol. The standard InChI is InChI=1S/C15H29N3O2.ClH/c1-4-17(5-2)14(19)6-7-15(20)18-10-8-13(9-11-18)12-16-3;/h13,16H,4-12H2,1-3H3;1H. The first-order chi connectivity index (χ1) is 9.62. The molecule has 0 aromatic carbocycles. The van der Waals surface area contributed by atoms with Gasteiger partial charge in [0, 0.05) is 39.0 Å². The van der Waals surface area contributed by atoms with E-state index in [0.29, 0.717) is 18.8 Å². The molecule has 1 aliphatic rings. The Kier molecular flexibility index (Phi) is 10.4. The summed E-state index contributed by atoms with van der Waals surface area (Å²) in [5.41, 5.74) is 0. The van der Waals surface area contributed by atoms with Crippen LogP contribution in [-0.2, 0) is 9.59 Å². The predicted octanol–water partition coefficient (Wildman–Crippen LogP) is 1.51. The lowest BCUT2D eigenvalue weighted by Crippen LogP contribution is -2.41. The molecule has 124 valence electrons. The second-order valence-electron chi connectivity index (χ2n) is 5.45. The molecular formula is C15H30ClN3O2. The summed E-state index contributed by atoms with van der Waals surface area (Å²) in [5, 5.41) is 3.19. The van der Waals surface area contributed by atoms with Crippen molar-refractivity contribution in [2.24, 2.45) is 5.92 Å². The van der Waals surface area contributed by atoms with Gasteiger partial charge in [-0.3, -0.25) is 9.59 Å². The third-order valence-electron chi connectivity index (χ3n) is 4.13. The molecule has 1 saturated heterocycles. The van der Waals surface area contributed by atoms with Crippen LogP contribution in [0.15, 0.2) is 0 Å². The Morgan fingerprint density at radius 3 is 2.19 bits per heavy atom. The number of amides is 2. The van der Waals surface area contributed by atoms with E-state index in [9.17, 15) is 9.59 Å². The van der Waals surface area contributed by atoms with E-state index < -0.39 is 0 Å². The molecule has 0 aromatic rings. The molecule has 0 saturated carbocycles. The van der Waals surface area contributed by atoms with Crippen molar-refractivity contribution in [2.75, 3.05) is 39.8 Å². The third kappa shape index (κ3) is 6.66. The number of hydrogen-bond acceptors (Lipinski definition) is 3. The third-order valence-corrected chi connectivity index (χ3v) is 4.13. The zero-order valence-corrected chi connectivity index (χ0v) is 14.4. The van der Waals surface area contributed by atoms with E-state index in [4.69, 9.17) is 0 Å². The van der Waals surface area contributed by atoms with Gasteiger partial charge in [-0.05, 0) is 46.2 Å². The van der Waals surface area contributed by atoms with Gasteiger partial charge in [0.05, 0.1) is 0 Å². The molecule has 0 radical (unpaired) electrons. The highest BCUT2D eigenvalue weighted by atomic mass is 35.5. The first kappa shape index (κ1) is 20.2. The molecule has 1 heterocycles. The van der Waals surface area contributed by atoms with E-state index in [1.54, 1.807) is 4.90 Å². The number of nitrogens with zero attached hydrogens (tertiary/aromatic N) is 2. The van der Waals surface area contributed by atoms with E-state index in [0.717, 1.165) is 45.6 Å². The molecule has 2 amide bonds. The van der Waals surface area contributed by atoms with Crippen molar-refractivity contribution in [3.63, 3.8) is 0 Å². The van der Waals surface area contributed by atoms with E-state index in [1.165, 1.54) is 0 Å². The van der Waals surface area contributed by atoms with Crippen molar-refractivity contribution in [1.82, 2.24) is 15.1 Å². The topological polar surface area (TPSA) is 52.7 Å². The predicted molar refractivity (Wildman–Crippen MR) is 87.6 cm³/mol. The quantitative estimate of drug-likeness (QED) is 0.774. The van der Waals surface area contributed by atoms with Crippen molar-refractivity contribution in [1.29, 1.82) is 0 Å². The van der Waals surface area contributed by atoms with Crippen LogP contribution < -0.4 is 5.32 Å². The van der Waals surface area contributed by atoms with Gasteiger partial charge in [0.25, 0.3) is 0 Å². The van der Waals surface area contributed by atoms with Gasteiger partial charge in [-0.1, -0.05) is 0 Å². The number of carbonyl (C=O) groups excluding carboxylic acids is 2. The van der Waals surface area contributed by atoms with Crippen LogP contribution in [0.2, 0.25) is 0 Å². The average Bonchev–Trinajstić information content (AvgIpc) is 2.47. The highest BCUT2D eigenvalue weighted by molar-refractivity contribution is 5.85. The minimum absolute atomic E-state index is 0. The van der Waals surface area contributed by atoms with Gasteiger partial charge in [-0.2, -0.15) is 0 Å². The number of hydrogen-bond donors (Lipinski definition) is 1. The van der Waals surface area contributed by atoms with Gasteiger partial charge >= 0.3 is 0 Å². The molecule has 1 fully saturated rings. The number of rotatable bonds is 7. The van der Waals surface area contributed by atoms with Crippen LogP contribution in [0.25, 0.3) is 0 Å². The van der Waals surface area contributed by atoms with Crippen LogP contribution in [-0.4, -0.2) is 61.4 Å². The molecule has 0 spiro atoms. The minimum atomic E-state index is 0. The van der Waals surface area contributed by atoms with Crippen molar-refractivity contribution in [2.45, 2.75) is 39.5 Å². The number of nitrogens with one attached hydrogen (secondary N) is 1. The molecule has 0 bridgehead atoms. The zero-order valence-electron chi connectivity index (χ0n) is 13.6. The van der Waals surface area contributed by atoms with Gasteiger partial charge < -0.3 is 15.1 Å². The largest absolute Gasteiger partial charge is 0.343 e. The minimum Gasteiger partial charge on any atom is -0.343 e. The second-order valence-corrected chi connectivity index (χ2v) is 5.45. The highest BCUT2D eigenvalue weighted by Crippen LogP contribution is 2.17. The summed E-state index contributed by atoms with van der Waals surface area (Å²) in [5.74, 6) is 0.906. The Morgan fingerprint density at radius 2 is 1.71 bits per heavy atom. The Labute approximate surface area is 134 Å². The Balaban J connectivity index is 0.00000400. The molecule has 0 atom stereocenters. The Bertz CT molecular complexity index is 314. The van der Waals surface area contributed by atoms with Gasteiger partial charge in [0.2, 0.25) is 11.8 Å². The van der Waals surface area contributed by atoms with Gasteiger partial charge in [-0.25, -0.2) is 0 Å². The van der Waals surface area contributed by atoms with Crippen LogP contribution in [0.4, 0.5) is 0 Å². The molecule has 21 heavy (non-hydrogen) atoms. The molecule has 5 nitrogen and oxygen atoms in total. The van der Waals surface area contributed by atoms with Crippen LogP contribution in [0.1, 0.15) is 39.5 Å². The van der Waals surface area contributed by atoms with Crippen LogP contribution in [0.3, 0.4) is 0 Å². The van der Waals surface area contributed by atoms with E-state index >= 15 is 0 Å². The fraction of sp³-hybridized carbons (Fsp3) is 0.867. The first-order valence-electron chi connectivity index (χ1n) is 7.82. The number of halogens is 1. The number of likely N-dealkylation sites (tertiary alicyclic amines) is 1. The fourth-order valence-corrected chi connectivity index (χ4v) is 2.78. The zero-order chi connectivity index (χ0) is 15.0. The molecule has 0 aromatic heterocycles. The highest BCUT2D eigenvalue weighted by Gasteiger charge is 2.23. The van der Waals surface area contributed by atoms with Crippen LogP contribution in [0.5, 0.6) is 0 Å². The van der Waals surface area contributed by atoms with Gasteiger partial charge in [0.15, 0.2) is 0 Å². The smallest absolute Gasteiger partial charge is 0.223 e. The van der Waals surface area contributed by atoms with E-state index in [2.05, 4.69) is 5.32 Å². The second kappa shape index (κ2) is 10.9. The lowest BCUT2D eigenvalue weighted by molar-refractivity contribution is -0.137. The molecule has 1 rings (SSSR count). The van der Waals surface area contributed by atoms with Crippen LogP contribution in [0, 0.1) is 5.92 Å². The van der Waals surface area contributed by atoms with Crippen LogP contribution >= 0.6 is 12.4 Å². The monoisotopic (exact) mass is 319 g/mol. The maximum atomic E-state index is 12.1. The molecule has 0 unspecified atom stereocenters. The normalized spacial score (nSPS) is 15.5. The maximum absolute atomic E-state index is 12.1. The lowest BCUT2D eigenvalue weighted by atomic mass is 9.96. The summed E-state index contributed by atoms with van der Waals surface area (Å²) in [4.78, 5) is 27.7. The first-order valence-corrected chi connectivity index (χ1v) is 7.82. The Morgan fingerprint density at radius 1 is 1.14 bits per heavy atom. The lowest BCUT2D eigenvalue weighted by Gasteiger charge is -2.32. The van der Waals surface area contributed by atoms with Crippen molar-refractivity contribution in [3.8, 4) is 0 Å².